The number of halogens is 1. The molecule has 0 bridgehead atoms. The van der Waals surface area contributed by atoms with Crippen molar-refractivity contribution in [2.45, 2.75) is 19.6 Å². The summed E-state index contributed by atoms with van der Waals surface area (Å²) in [5.74, 6) is 0.422. The number of anilines is 1. The number of ether oxygens (including phenoxy) is 1. The highest BCUT2D eigenvalue weighted by Crippen LogP contribution is 2.22. The minimum Gasteiger partial charge on any atom is -0.465 e. The molecule has 0 saturated heterocycles. The maximum Gasteiger partial charge on any atom is 0.339 e. The molecule has 0 aliphatic carbocycles. The maximum atomic E-state index is 12.1. The number of carbonyl (C=O) groups excluding carboxylic acids is 2. The van der Waals surface area contributed by atoms with E-state index in [4.69, 9.17) is 11.6 Å². The number of nitrogens with one attached hydrogen (secondary N) is 1. The number of esters is 1. The molecule has 2 aromatic carbocycles. The van der Waals surface area contributed by atoms with Gasteiger partial charge in [0, 0.05) is 11.4 Å². The zero-order valence-electron chi connectivity index (χ0n) is 14.4. The third-order valence-corrected chi connectivity index (χ3v) is 4.77. The minimum absolute atomic E-state index is 0.132. The van der Waals surface area contributed by atoms with Crippen molar-refractivity contribution in [3.8, 4) is 0 Å². The number of aryl methyl sites for hydroxylation is 2. The fourth-order valence-corrected chi connectivity index (χ4v) is 3.44. The SMILES string of the molecule is COC(=O)c1cc(NC(=O)CSCc2cc(C)cc(C)c2)ccc1Cl. The Morgan fingerprint density at radius 3 is 2.44 bits per heavy atom. The van der Waals surface area contributed by atoms with Gasteiger partial charge >= 0.3 is 5.97 Å². The summed E-state index contributed by atoms with van der Waals surface area (Å²) in [6.45, 7) is 4.13. The van der Waals surface area contributed by atoms with Gasteiger partial charge in [-0.05, 0) is 37.6 Å². The lowest BCUT2D eigenvalue weighted by molar-refractivity contribution is -0.113. The maximum absolute atomic E-state index is 12.1. The predicted molar refractivity (Wildman–Crippen MR) is 103 cm³/mol. The van der Waals surface area contributed by atoms with Crippen LogP contribution in [0, 0.1) is 13.8 Å². The molecule has 2 aromatic rings. The van der Waals surface area contributed by atoms with Crippen molar-refractivity contribution < 1.29 is 14.3 Å². The summed E-state index contributed by atoms with van der Waals surface area (Å²) in [4.78, 5) is 23.7. The Kier molecular flexibility index (Phi) is 6.91. The Morgan fingerprint density at radius 1 is 1.12 bits per heavy atom. The topological polar surface area (TPSA) is 55.4 Å². The van der Waals surface area contributed by atoms with E-state index in [1.807, 2.05) is 0 Å². The number of rotatable bonds is 6. The summed E-state index contributed by atoms with van der Waals surface area (Å²) in [6.07, 6.45) is 0. The summed E-state index contributed by atoms with van der Waals surface area (Å²) in [5.41, 5.74) is 4.38. The first kappa shape index (κ1) is 19.3. The zero-order chi connectivity index (χ0) is 18.4. The molecule has 0 radical (unpaired) electrons. The fraction of sp³-hybridized carbons (Fsp3) is 0.263. The van der Waals surface area contributed by atoms with Gasteiger partial charge in [0.2, 0.25) is 5.91 Å². The van der Waals surface area contributed by atoms with Gasteiger partial charge in [-0.15, -0.1) is 11.8 Å². The van der Waals surface area contributed by atoms with E-state index < -0.39 is 5.97 Å². The van der Waals surface area contributed by atoms with Crippen molar-refractivity contribution in [1.29, 1.82) is 0 Å². The van der Waals surface area contributed by atoms with Crippen LogP contribution < -0.4 is 5.32 Å². The number of carbonyl (C=O) groups is 2. The summed E-state index contributed by atoms with van der Waals surface area (Å²) in [7, 11) is 1.29. The molecule has 0 heterocycles. The number of amides is 1. The van der Waals surface area contributed by atoms with E-state index in [0.717, 1.165) is 5.75 Å². The first-order chi connectivity index (χ1) is 11.9. The van der Waals surface area contributed by atoms with Gasteiger partial charge < -0.3 is 10.1 Å². The van der Waals surface area contributed by atoms with Gasteiger partial charge in [0.25, 0.3) is 0 Å². The predicted octanol–water partition coefficient (Wildman–Crippen LogP) is 4.62. The number of hydrogen-bond donors (Lipinski definition) is 1. The Labute approximate surface area is 156 Å². The number of methoxy groups -OCH3 is 1. The van der Waals surface area contributed by atoms with Gasteiger partial charge in [0.1, 0.15) is 0 Å². The molecule has 0 saturated carbocycles. The van der Waals surface area contributed by atoms with E-state index in [0.29, 0.717) is 11.4 Å². The molecule has 0 atom stereocenters. The van der Waals surface area contributed by atoms with Crippen molar-refractivity contribution in [2.75, 3.05) is 18.2 Å². The lowest BCUT2D eigenvalue weighted by Crippen LogP contribution is -2.15. The van der Waals surface area contributed by atoms with E-state index in [2.05, 4.69) is 42.1 Å². The van der Waals surface area contributed by atoms with E-state index in [1.54, 1.807) is 12.1 Å². The highest BCUT2D eigenvalue weighted by Gasteiger charge is 2.12. The normalized spacial score (nSPS) is 10.4. The van der Waals surface area contributed by atoms with Gasteiger partial charge in [0.05, 0.1) is 23.4 Å². The third-order valence-electron chi connectivity index (χ3n) is 3.44. The molecule has 132 valence electrons. The molecule has 0 aromatic heterocycles. The van der Waals surface area contributed by atoms with Crippen LogP contribution in [0.3, 0.4) is 0 Å². The van der Waals surface area contributed by atoms with Gasteiger partial charge in [-0.3, -0.25) is 4.79 Å². The van der Waals surface area contributed by atoms with E-state index >= 15 is 0 Å². The average Bonchev–Trinajstić information content (AvgIpc) is 2.55. The quantitative estimate of drug-likeness (QED) is 0.746. The van der Waals surface area contributed by atoms with Crippen LogP contribution in [0.15, 0.2) is 36.4 Å². The van der Waals surface area contributed by atoms with Gasteiger partial charge in [-0.1, -0.05) is 40.9 Å². The van der Waals surface area contributed by atoms with E-state index in [9.17, 15) is 9.59 Å². The molecule has 0 aliphatic heterocycles. The molecule has 1 amide bonds. The summed E-state index contributed by atoms with van der Waals surface area (Å²) in [6, 6.07) is 11.1. The Hall–Kier alpha value is -1.98. The molecule has 0 aliphatic rings. The average molecular weight is 378 g/mol. The molecular formula is C19H20ClNO3S. The Balaban J connectivity index is 1.91. The molecule has 0 unspecified atom stereocenters. The second kappa shape index (κ2) is 8.92. The standard InChI is InChI=1S/C19H20ClNO3S/c1-12-6-13(2)8-14(7-12)10-25-11-18(22)21-15-4-5-17(20)16(9-15)19(23)24-3/h4-9H,10-11H2,1-3H3,(H,21,22). The first-order valence-electron chi connectivity index (χ1n) is 7.71. The Morgan fingerprint density at radius 2 is 1.80 bits per heavy atom. The van der Waals surface area contributed by atoms with Crippen LogP contribution in [-0.4, -0.2) is 24.7 Å². The van der Waals surface area contributed by atoms with Crippen LogP contribution in [0.5, 0.6) is 0 Å². The molecule has 25 heavy (non-hydrogen) atoms. The highest BCUT2D eigenvalue weighted by molar-refractivity contribution is 7.99. The lowest BCUT2D eigenvalue weighted by Gasteiger charge is -2.09. The molecule has 0 fully saturated rings. The van der Waals surface area contributed by atoms with Crippen LogP contribution in [-0.2, 0) is 15.3 Å². The molecular weight excluding hydrogens is 358 g/mol. The van der Waals surface area contributed by atoms with Crippen LogP contribution >= 0.6 is 23.4 Å². The van der Waals surface area contributed by atoms with E-state index in [1.165, 1.54) is 41.6 Å². The van der Waals surface area contributed by atoms with Gasteiger partial charge in [-0.25, -0.2) is 4.79 Å². The zero-order valence-corrected chi connectivity index (χ0v) is 16.0. The van der Waals surface area contributed by atoms with Crippen molar-refractivity contribution in [3.63, 3.8) is 0 Å². The number of hydrogen-bond acceptors (Lipinski definition) is 4. The largest absolute Gasteiger partial charge is 0.465 e. The van der Waals surface area contributed by atoms with Gasteiger partial charge in [0.15, 0.2) is 0 Å². The Bertz CT molecular complexity index is 772. The van der Waals surface area contributed by atoms with Gasteiger partial charge in [-0.2, -0.15) is 0 Å². The molecule has 1 N–H and O–H groups in total. The minimum atomic E-state index is -0.537. The summed E-state index contributed by atoms with van der Waals surface area (Å²) in [5, 5.41) is 3.06. The van der Waals surface area contributed by atoms with Crippen LogP contribution in [0.2, 0.25) is 5.02 Å². The number of benzene rings is 2. The molecule has 4 nitrogen and oxygen atoms in total. The van der Waals surface area contributed by atoms with E-state index in [-0.39, 0.29) is 16.5 Å². The summed E-state index contributed by atoms with van der Waals surface area (Å²) < 4.78 is 4.67. The number of thioether (sulfide) groups is 1. The van der Waals surface area contributed by atoms with Crippen molar-refractivity contribution in [2.24, 2.45) is 0 Å². The highest BCUT2D eigenvalue weighted by atomic mass is 35.5. The first-order valence-corrected chi connectivity index (χ1v) is 9.25. The summed E-state index contributed by atoms with van der Waals surface area (Å²) >= 11 is 7.51. The van der Waals surface area contributed by atoms with Crippen molar-refractivity contribution >= 4 is 40.9 Å². The monoisotopic (exact) mass is 377 g/mol. The van der Waals surface area contributed by atoms with Crippen molar-refractivity contribution in [1.82, 2.24) is 0 Å². The van der Waals surface area contributed by atoms with Crippen LogP contribution in [0.25, 0.3) is 0 Å². The second-order valence-corrected chi connectivity index (χ2v) is 7.12. The lowest BCUT2D eigenvalue weighted by atomic mass is 10.1. The fourth-order valence-electron chi connectivity index (χ4n) is 2.48. The molecule has 0 spiro atoms. The van der Waals surface area contributed by atoms with Crippen molar-refractivity contribution in [3.05, 3.63) is 63.7 Å². The molecule has 2 rings (SSSR count). The van der Waals surface area contributed by atoms with Crippen LogP contribution in [0.1, 0.15) is 27.0 Å². The van der Waals surface area contributed by atoms with Crippen LogP contribution in [0.4, 0.5) is 5.69 Å². The second-order valence-electron chi connectivity index (χ2n) is 5.72. The molecule has 6 heteroatoms. The smallest absolute Gasteiger partial charge is 0.339 e. The third kappa shape index (κ3) is 5.80.